The first-order chi connectivity index (χ1) is 7.18. The second-order valence-electron chi connectivity index (χ2n) is 2.84. The van der Waals surface area contributed by atoms with Crippen molar-refractivity contribution in [2.75, 3.05) is 0 Å². The molecular weight excluding hydrogens is 218 g/mol. The molecule has 76 valence electrons. The molecule has 1 aromatic carbocycles. The van der Waals surface area contributed by atoms with Gasteiger partial charge < -0.3 is 5.11 Å². The Kier molecular flexibility index (Phi) is 2.39. The molecule has 0 saturated carbocycles. The van der Waals surface area contributed by atoms with Gasteiger partial charge in [0.1, 0.15) is 12.7 Å². The number of halogens is 1. The summed E-state index contributed by atoms with van der Waals surface area (Å²) in [5.41, 5.74) is 0.596. The van der Waals surface area contributed by atoms with Gasteiger partial charge in [-0.15, -0.1) is 10.2 Å². The zero-order valence-electron chi connectivity index (χ0n) is 7.46. The second kappa shape index (κ2) is 3.70. The van der Waals surface area contributed by atoms with Crippen LogP contribution in [0.4, 0.5) is 0 Å². The van der Waals surface area contributed by atoms with Crippen molar-refractivity contribution < 1.29 is 9.90 Å². The largest absolute Gasteiger partial charge is 0.478 e. The Morgan fingerprint density at radius 2 is 2.00 bits per heavy atom. The van der Waals surface area contributed by atoms with Gasteiger partial charge in [0.15, 0.2) is 0 Å². The average molecular weight is 224 g/mol. The number of carboxylic acids is 1. The SMILES string of the molecule is O=C(O)c1ccc(Cl)cc1-n1cnnc1. The van der Waals surface area contributed by atoms with Gasteiger partial charge in [-0.05, 0) is 18.2 Å². The van der Waals surface area contributed by atoms with Gasteiger partial charge >= 0.3 is 5.97 Å². The van der Waals surface area contributed by atoms with Crippen LogP contribution in [0.3, 0.4) is 0 Å². The summed E-state index contributed by atoms with van der Waals surface area (Å²) in [6.07, 6.45) is 2.83. The highest BCUT2D eigenvalue weighted by molar-refractivity contribution is 6.30. The van der Waals surface area contributed by atoms with E-state index in [1.165, 1.54) is 29.4 Å². The maximum Gasteiger partial charge on any atom is 0.337 e. The predicted molar refractivity (Wildman–Crippen MR) is 53.3 cm³/mol. The topological polar surface area (TPSA) is 68.0 Å². The van der Waals surface area contributed by atoms with Crippen LogP contribution >= 0.6 is 11.6 Å². The van der Waals surface area contributed by atoms with Gasteiger partial charge in [-0.3, -0.25) is 4.57 Å². The summed E-state index contributed by atoms with van der Waals surface area (Å²) in [4.78, 5) is 10.9. The number of aromatic nitrogens is 3. The Morgan fingerprint density at radius 3 is 2.60 bits per heavy atom. The Balaban J connectivity index is 2.63. The fraction of sp³-hybridized carbons (Fsp3) is 0. The van der Waals surface area contributed by atoms with E-state index >= 15 is 0 Å². The normalized spacial score (nSPS) is 10.2. The Morgan fingerprint density at radius 1 is 1.33 bits per heavy atom. The van der Waals surface area contributed by atoms with E-state index < -0.39 is 5.97 Å². The third-order valence-electron chi connectivity index (χ3n) is 1.89. The van der Waals surface area contributed by atoms with Crippen molar-refractivity contribution in [3.8, 4) is 5.69 Å². The lowest BCUT2D eigenvalue weighted by molar-refractivity contribution is 0.0697. The van der Waals surface area contributed by atoms with Gasteiger partial charge in [0.25, 0.3) is 0 Å². The van der Waals surface area contributed by atoms with Crippen molar-refractivity contribution in [2.45, 2.75) is 0 Å². The molecular formula is C9H6ClN3O2. The van der Waals surface area contributed by atoms with E-state index in [1.54, 1.807) is 6.07 Å². The fourth-order valence-corrected chi connectivity index (χ4v) is 1.39. The third kappa shape index (κ3) is 1.82. The van der Waals surface area contributed by atoms with Crippen LogP contribution in [0.1, 0.15) is 10.4 Å². The minimum atomic E-state index is -1.02. The molecule has 15 heavy (non-hydrogen) atoms. The molecule has 0 fully saturated rings. The van der Waals surface area contributed by atoms with Crippen molar-refractivity contribution in [1.82, 2.24) is 14.8 Å². The zero-order chi connectivity index (χ0) is 10.8. The van der Waals surface area contributed by atoms with Crippen LogP contribution in [0.25, 0.3) is 5.69 Å². The van der Waals surface area contributed by atoms with Crippen molar-refractivity contribution in [1.29, 1.82) is 0 Å². The zero-order valence-corrected chi connectivity index (χ0v) is 8.22. The number of rotatable bonds is 2. The summed E-state index contributed by atoms with van der Waals surface area (Å²) in [6, 6.07) is 4.52. The molecule has 1 N–H and O–H groups in total. The van der Waals surface area contributed by atoms with E-state index in [-0.39, 0.29) is 5.56 Å². The summed E-state index contributed by atoms with van der Waals surface area (Å²) in [5, 5.41) is 16.6. The molecule has 2 rings (SSSR count). The molecule has 6 heteroatoms. The molecule has 0 saturated heterocycles. The van der Waals surface area contributed by atoms with E-state index in [9.17, 15) is 4.79 Å². The maximum atomic E-state index is 10.9. The molecule has 0 atom stereocenters. The number of carbonyl (C=O) groups is 1. The van der Waals surface area contributed by atoms with E-state index in [0.717, 1.165) is 0 Å². The first kappa shape index (κ1) is 9.67. The monoisotopic (exact) mass is 223 g/mol. The van der Waals surface area contributed by atoms with Gasteiger partial charge in [0, 0.05) is 5.02 Å². The standard InChI is InChI=1S/C9H6ClN3O2/c10-6-1-2-7(9(14)15)8(3-6)13-4-11-12-5-13/h1-5H,(H,14,15). The van der Waals surface area contributed by atoms with Crippen LogP contribution in [0.2, 0.25) is 5.02 Å². The van der Waals surface area contributed by atoms with Crippen LogP contribution in [-0.2, 0) is 0 Å². The molecule has 0 spiro atoms. The van der Waals surface area contributed by atoms with Gasteiger partial charge in [-0.1, -0.05) is 11.6 Å². The van der Waals surface area contributed by atoms with Crippen molar-refractivity contribution in [3.63, 3.8) is 0 Å². The molecule has 1 aromatic heterocycles. The summed E-state index contributed by atoms with van der Waals surface area (Å²) in [7, 11) is 0. The molecule has 0 unspecified atom stereocenters. The lowest BCUT2D eigenvalue weighted by Gasteiger charge is -2.05. The van der Waals surface area contributed by atoms with Crippen molar-refractivity contribution in [2.24, 2.45) is 0 Å². The van der Waals surface area contributed by atoms with E-state index in [0.29, 0.717) is 10.7 Å². The molecule has 5 nitrogen and oxygen atoms in total. The molecule has 0 amide bonds. The summed E-state index contributed by atoms with van der Waals surface area (Å²) in [6.45, 7) is 0. The first-order valence-corrected chi connectivity index (χ1v) is 4.44. The van der Waals surface area contributed by atoms with E-state index in [4.69, 9.17) is 16.7 Å². The highest BCUT2D eigenvalue weighted by Gasteiger charge is 2.11. The number of carboxylic acid groups (broad SMARTS) is 1. The number of aromatic carboxylic acids is 1. The smallest absolute Gasteiger partial charge is 0.337 e. The fourth-order valence-electron chi connectivity index (χ4n) is 1.22. The van der Waals surface area contributed by atoms with Gasteiger partial charge in [0.2, 0.25) is 0 Å². The molecule has 0 aliphatic heterocycles. The van der Waals surface area contributed by atoms with Gasteiger partial charge in [0.05, 0.1) is 11.3 Å². The minimum absolute atomic E-state index is 0.152. The summed E-state index contributed by atoms with van der Waals surface area (Å²) in [5.74, 6) is -1.02. The lowest BCUT2D eigenvalue weighted by atomic mass is 10.2. The molecule has 0 aliphatic rings. The Labute approximate surface area is 89.9 Å². The Hall–Kier alpha value is -1.88. The predicted octanol–water partition coefficient (Wildman–Crippen LogP) is 1.62. The number of hydrogen-bond acceptors (Lipinski definition) is 3. The first-order valence-electron chi connectivity index (χ1n) is 4.06. The summed E-state index contributed by atoms with van der Waals surface area (Å²) < 4.78 is 1.50. The number of hydrogen-bond donors (Lipinski definition) is 1. The maximum absolute atomic E-state index is 10.9. The third-order valence-corrected chi connectivity index (χ3v) is 2.12. The van der Waals surface area contributed by atoms with Crippen LogP contribution in [0, 0.1) is 0 Å². The molecule has 0 aliphatic carbocycles. The number of benzene rings is 1. The lowest BCUT2D eigenvalue weighted by Crippen LogP contribution is -2.03. The van der Waals surface area contributed by atoms with E-state index in [2.05, 4.69) is 10.2 Å². The van der Waals surface area contributed by atoms with Crippen LogP contribution in [-0.4, -0.2) is 25.8 Å². The number of nitrogens with zero attached hydrogens (tertiary/aromatic N) is 3. The second-order valence-corrected chi connectivity index (χ2v) is 3.27. The average Bonchev–Trinajstić information content (AvgIpc) is 2.69. The molecule has 1 heterocycles. The molecule has 0 radical (unpaired) electrons. The minimum Gasteiger partial charge on any atom is -0.478 e. The van der Waals surface area contributed by atoms with Crippen LogP contribution in [0.5, 0.6) is 0 Å². The van der Waals surface area contributed by atoms with Gasteiger partial charge in [-0.25, -0.2) is 4.79 Å². The molecule has 0 bridgehead atoms. The van der Waals surface area contributed by atoms with E-state index in [1.807, 2.05) is 0 Å². The van der Waals surface area contributed by atoms with Crippen LogP contribution in [0.15, 0.2) is 30.9 Å². The highest BCUT2D eigenvalue weighted by atomic mass is 35.5. The van der Waals surface area contributed by atoms with Gasteiger partial charge in [-0.2, -0.15) is 0 Å². The van der Waals surface area contributed by atoms with Crippen molar-refractivity contribution in [3.05, 3.63) is 41.4 Å². The van der Waals surface area contributed by atoms with Crippen molar-refractivity contribution >= 4 is 17.6 Å². The highest BCUT2D eigenvalue weighted by Crippen LogP contribution is 2.19. The molecule has 2 aromatic rings. The quantitative estimate of drug-likeness (QED) is 0.840. The van der Waals surface area contributed by atoms with Crippen LogP contribution < -0.4 is 0 Å². The Bertz CT molecular complexity index is 496. The summed E-state index contributed by atoms with van der Waals surface area (Å²) >= 11 is 5.79.